The minimum Gasteiger partial charge on any atom is -0.390 e. The Morgan fingerprint density at radius 1 is 1.40 bits per heavy atom. The van der Waals surface area contributed by atoms with Crippen molar-refractivity contribution >= 4 is 0 Å². The number of hydrogen-bond acceptors (Lipinski definition) is 3. The van der Waals surface area contributed by atoms with E-state index in [1.165, 1.54) is 19.3 Å². The maximum absolute atomic E-state index is 10.4. The molecule has 1 N–H and O–H groups in total. The maximum atomic E-state index is 10.4. The molecule has 0 aromatic carbocycles. The summed E-state index contributed by atoms with van der Waals surface area (Å²) in [4.78, 5) is 2.34. The zero-order valence-corrected chi connectivity index (χ0v) is 9.28. The first-order chi connectivity index (χ1) is 7.24. The van der Waals surface area contributed by atoms with Crippen molar-refractivity contribution < 1.29 is 5.11 Å². The monoisotopic (exact) mass is 208 g/mol. The minimum absolute atomic E-state index is 0.374. The largest absolute Gasteiger partial charge is 0.390 e. The first-order valence-corrected chi connectivity index (χ1v) is 6.06. The molecule has 1 saturated heterocycles. The third-order valence-electron chi connectivity index (χ3n) is 4.05. The first-order valence-electron chi connectivity index (χ1n) is 6.06. The van der Waals surface area contributed by atoms with Gasteiger partial charge in [-0.3, -0.25) is 0 Å². The molecule has 0 aromatic rings. The molecule has 1 heterocycles. The van der Waals surface area contributed by atoms with Crippen LogP contribution in [0.2, 0.25) is 0 Å². The number of hydrogen-bond donors (Lipinski definition) is 1. The summed E-state index contributed by atoms with van der Waals surface area (Å²) in [6.45, 7) is 2.84. The van der Waals surface area contributed by atoms with Crippen molar-refractivity contribution in [2.75, 3.05) is 19.6 Å². The van der Waals surface area contributed by atoms with Crippen molar-refractivity contribution in [3.05, 3.63) is 0 Å². The van der Waals surface area contributed by atoms with Gasteiger partial charge in [0.05, 0.1) is 11.7 Å². The lowest BCUT2D eigenvalue weighted by molar-refractivity contribution is -0.0948. The third kappa shape index (κ3) is 2.32. The molecule has 1 saturated carbocycles. The van der Waals surface area contributed by atoms with E-state index in [4.69, 9.17) is 5.26 Å². The van der Waals surface area contributed by atoms with Gasteiger partial charge >= 0.3 is 0 Å². The van der Waals surface area contributed by atoms with Gasteiger partial charge < -0.3 is 10.0 Å². The van der Waals surface area contributed by atoms with Crippen LogP contribution in [0.4, 0.5) is 0 Å². The van der Waals surface area contributed by atoms with E-state index in [9.17, 15) is 5.11 Å². The fraction of sp³-hybridized carbons (Fsp3) is 0.917. The number of rotatable bonds is 2. The van der Waals surface area contributed by atoms with Gasteiger partial charge in [0.1, 0.15) is 0 Å². The van der Waals surface area contributed by atoms with Crippen molar-refractivity contribution in [1.29, 1.82) is 5.26 Å². The summed E-state index contributed by atoms with van der Waals surface area (Å²) in [6.07, 6.45) is 6.13. The molecule has 3 nitrogen and oxygen atoms in total. The smallest absolute Gasteiger partial charge is 0.0700 e. The number of fused-ring (bicyclic) bond motifs is 1. The van der Waals surface area contributed by atoms with E-state index < -0.39 is 0 Å². The van der Waals surface area contributed by atoms with Gasteiger partial charge in [-0.2, -0.15) is 5.26 Å². The van der Waals surface area contributed by atoms with Crippen LogP contribution in [0.3, 0.4) is 0 Å². The molecule has 0 spiro atoms. The second kappa shape index (κ2) is 4.51. The molecule has 0 bridgehead atoms. The van der Waals surface area contributed by atoms with Crippen LogP contribution in [0.1, 0.15) is 38.5 Å². The van der Waals surface area contributed by atoms with Crippen LogP contribution in [0.15, 0.2) is 0 Å². The Bertz CT molecular complexity index is 261. The van der Waals surface area contributed by atoms with Crippen LogP contribution in [0.25, 0.3) is 0 Å². The van der Waals surface area contributed by atoms with Gasteiger partial charge in [0.25, 0.3) is 0 Å². The quantitative estimate of drug-likeness (QED) is 0.748. The number of nitriles is 1. The lowest BCUT2D eigenvalue weighted by Crippen LogP contribution is -2.53. The molecule has 2 unspecified atom stereocenters. The van der Waals surface area contributed by atoms with Crippen molar-refractivity contribution in [2.24, 2.45) is 5.92 Å². The van der Waals surface area contributed by atoms with Gasteiger partial charge in [0.2, 0.25) is 0 Å². The fourth-order valence-electron chi connectivity index (χ4n) is 3.05. The number of likely N-dealkylation sites (tertiary alicyclic amines) is 1. The van der Waals surface area contributed by atoms with Crippen molar-refractivity contribution in [2.45, 2.75) is 44.1 Å². The average molecular weight is 208 g/mol. The van der Waals surface area contributed by atoms with E-state index in [0.717, 1.165) is 32.5 Å². The van der Waals surface area contributed by atoms with Crippen LogP contribution in [-0.2, 0) is 0 Å². The minimum atomic E-state index is -0.374. The van der Waals surface area contributed by atoms with Gasteiger partial charge in [-0.1, -0.05) is 12.8 Å². The van der Waals surface area contributed by atoms with E-state index in [2.05, 4.69) is 11.0 Å². The first kappa shape index (κ1) is 10.9. The zero-order valence-electron chi connectivity index (χ0n) is 9.28. The molecule has 2 atom stereocenters. The molecular formula is C12H20N2O. The van der Waals surface area contributed by atoms with Gasteiger partial charge in [0.15, 0.2) is 0 Å². The van der Waals surface area contributed by atoms with E-state index in [-0.39, 0.29) is 5.60 Å². The van der Waals surface area contributed by atoms with Crippen molar-refractivity contribution in [1.82, 2.24) is 4.90 Å². The summed E-state index contributed by atoms with van der Waals surface area (Å²) in [6, 6.07) is 2.19. The standard InChI is InChI=1S/C12H20N2O/c13-7-3-8-14-9-6-12(15)5-2-1-4-11(12)10-14/h11,15H,1-6,8-10H2. The van der Waals surface area contributed by atoms with Gasteiger partial charge in [0, 0.05) is 32.0 Å². The van der Waals surface area contributed by atoms with E-state index >= 15 is 0 Å². The molecule has 15 heavy (non-hydrogen) atoms. The van der Waals surface area contributed by atoms with Crippen molar-refractivity contribution in [3.8, 4) is 6.07 Å². The summed E-state index contributed by atoms with van der Waals surface area (Å²) >= 11 is 0. The molecule has 84 valence electrons. The molecule has 1 aliphatic carbocycles. The van der Waals surface area contributed by atoms with Crippen LogP contribution in [0, 0.1) is 17.2 Å². The molecule has 0 radical (unpaired) electrons. The van der Waals surface area contributed by atoms with Gasteiger partial charge in [-0.25, -0.2) is 0 Å². The topological polar surface area (TPSA) is 47.3 Å². The molecule has 1 aliphatic heterocycles. The molecule has 0 amide bonds. The van der Waals surface area contributed by atoms with E-state index in [0.29, 0.717) is 12.3 Å². The van der Waals surface area contributed by atoms with Crippen LogP contribution in [-0.4, -0.2) is 35.2 Å². The lowest BCUT2D eigenvalue weighted by Gasteiger charge is -2.47. The van der Waals surface area contributed by atoms with Crippen molar-refractivity contribution in [3.63, 3.8) is 0 Å². The Morgan fingerprint density at radius 3 is 3.07 bits per heavy atom. The highest BCUT2D eigenvalue weighted by Gasteiger charge is 2.42. The third-order valence-corrected chi connectivity index (χ3v) is 4.05. The Hall–Kier alpha value is -0.590. The van der Waals surface area contributed by atoms with Crippen LogP contribution in [0.5, 0.6) is 0 Å². The number of piperidine rings is 1. The summed E-state index contributed by atoms with van der Waals surface area (Å²) in [5, 5.41) is 19.0. The van der Waals surface area contributed by atoms with Crippen LogP contribution < -0.4 is 0 Å². The SMILES string of the molecule is N#CCCN1CCC2(O)CCCCC2C1. The Morgan fingerprint density at radius 2 is 2.27 bits per heavy atom. The second-order valence-electron chi connectivity index (χ2n) is 5.01. The maximum Gasteiger partial charge on any atom is 0.0700 e. The van der Waals surface area contributed by atoms with Crippen LogP contribution >= 0.6 is 0 Å². The predicted molar refractivity (Wildman–Crippen MR) is 58.2 cm³/mol. The zero-order chi connectivity index (χ0) is 10.7. The Labute approximate surface area is 91.7 Å². The van der Waals surface area contributed by atoms with Gasteiger partial charge in [-0.15, -0.1) is 0 Å². The lowest BCUT2D eigenvalue weighted by atomic mass is 9.71. The Kier molecular flexibility index (Phi) is 3.28. The molecular weight excluding hydrogens is 188 g/mol. The molecule has 2 rings (SSSR count). The van der Waals surface area contributed by atoms with E-state index in [1.807, 2.05) is 0 Å². The summed E-state index contributed by atoms with van der Waals surface area (Å²) < 4.78 is 0. The normalized spacial score (nSPS) is 36.9. The predicted octanol–water partition coefficient (Wildman–Crippen LogP) is 1.53. The second-order valence-corrected chi connectivity index (χ2v) is 5.01. The average Bonchev–Trinajstić information content (AvgIpc) is 2.26. The summed E-state index contributed by atoms with van der Waals surface area (Å²) in [5.74, 6) is 0.457. The molecule has 2 aliphatic rings. The molecule has 0 aromatic heterocycles. The Balaban J connectivity index is 1.90. The summed E-state index contributed by atoms with van der Waals surface area (Å²) in [5.41, 5.74) is -0.374. The summed E-state index contributed by atoms with van der Waals surface area (Å²) in [7, 11) is 0. The fourth-order valence-corrected chi connectivity index (χ4v) is 3.05. The molecule has 3 heteroatoms. The number of aliphatic hydroxyl groups is 1. The van der Waals surface area contributed by atoms with Gasteiger partial charge in [-0.05, 0) is 19.3 Å². The molecule has 2 fully saturated rings. The highest BCUT2D eigenvalue weighted by atomic mass is 16.3. The highest BCUT2D eigenvalue weighted by Crippen LogP contribution is 2.39. The van der Waals surface area contributed by atoms with E-state index in [1.54, 1.807) is 0 Å². The highest BCUT2D eigenvalue weighted by molar-refractivity contribution is 4.95. The number of nitrogens with zero attached hydrogens (tertiary/aromatic N) is 2.